The molecule has 0 N–H and O–H groups in total. The van der Waals surface area contributed by atoms with Gasteiger partial charge in [0.15, 0.2) is 0 Å². The molecular weight excluding hydrogens is 224 g/mol. The second-order valence-corrected chi connectivity index (χ2v) is 4.96. The molecule has 0 radical (unpaired) electrons. The van der Waals surface area contributed by atoms with E-state index in [4.69, 9.17) is 0 Å². The minimum Gasteiger partial charge on any atom is -0.321 e. The molecule has 0 spiro atoms. The monoisotopic (exact) mass is 238 g/mol. The average molecular weight is 238 g/mol. The summed E-state index contributed by atoms with van der Waals surface area (Å²) in [5.41, 5.74) is 2.25. The first-order valence-electron chi connectivity index (χ1n) is 6.49. The zero-order valence-electron chi connectivity index (χ0n) is 10.1. The van der Waals surface area contributed by atoms with Gasteiger partial charge in [0.25, 0.3) is 0 Å². The lowest BCUT2D eigenvalue weighted by Crippen LogP contribution is -2.05. The van der Waals surface area contributed by atoms with Gasteiger partial charge in [-0.25, -0.2) is 9.97 Å². The van der Waals surface area contributed by atoms with Gasteiger partial charge in [0, 0.05) is 29.2 Å². The molecule has 1 fully saturated rings. The summed E-state index contributed by atoms with van der Waals surface area (Å²) in [6.45, 7) is 0. The maximum atomic E-state index is 4.49. The van der Waals surface area contributed by atoms with Crippen LogP contribution in [0.5, 0.6) is 0 Å². The largest absolute Gasteiger partial charge is 0.321 e. The van der Waals surface area contributed by atoms with Gasteiger partial charge < -0.3 is 4.57 Å². The number of fused-ring (bicyclic) bond motifs is 3. The van der Waals surface area contributed by atoms with Gasteiger partial charge in [-0.05, 0) is 18.9 Å². The van der Waals surface area contributed by atoms with Gasteiger partial charge in [-0.3, -0.25) is 4.98 Å². The minimum absolute atomic E-state index is 0.573. The van der Waals surface area contributed by atoms with Crippen LogP contribution < -0.4 is 0 Å². The van der Waals surface area contributed by atoms with Gasteiger partial charge in [0.05, 0.1) is 11.7 Å². The molecule has 0 unspecified atom stereocenters. The molecule has 3 aromatic rings. The van der Waals surface area contributed by atoms with E-state index < -0.39 is 0 Å². The summed E-state index contributed by atoms with van der Waals surface area (Å²) >= 11 is 0. The minimum atomic E-state index is 0.573. The predicted octanol–water partition coefficient (Wildman–Crippen LogP) is 3.09. The smallest absolute Gasteiger partial charge is 0.144 e. The lowest BCUT2D eigenvalue weighted by atomic mass is 10.2. The zero-order chi connectivity index (χ0) is 11.9. The molecule has 0 saturated heterocycles. The molecule has 3 heterocycles. The first-order valence-corrected chi connectivity index (χ1v) is 6.49. The highest BCUT2D eigenvalue weighted by molar-refractivity contribution is 6.05. The van der Waals surface area contributed by atoms with Crippen LogP contribution in [0.2, 0.25) is 0 Å². The molecule has 4 heteroatoms. The van der Waals surface area contributed by atoms with Gasteiger partial charge in [-0.1, -0.05) is 12.8 Å². The van der Waals surface area contributed by atoms with Crippen LogP contribution in [-0.4, -0.2) is 19.5 Å². The molecule has 0 aliphatic heterocycles. The summed E-state index contributed by atoms with van der Waals surface area (Å²) in [4.78, 5) is 12.9. The summed E-state index contributed by atoms with van der Waals surface area (Å²) in [6.07, 6.45) is 12.5. The van der Waals surface area contributed by atoms with Crippen molar-refractivity contribution >= 4 is 21.9 Å². The van der Waals surface area contributed by atoms with Gasteiger partial charge in [-0.2, -0.15) is 0 Å². The van der Waals surface area contributed by atoms with E-state index in [0.29, 0.717) is 6.04 Å². The molecular formula is C14H14N4. The Morgan fingerprint density at radius 2 is 1.94 bits per heavy atom. The Morgan fingerprint density at radius 3 is 2.83 bits per heavy atom. The van der Waals surface area contributed by atoms with Crippen molar-refractivity contribution in [2.24, 2.45) is 0 Å². The van der Waals surface area contributed by atoms with Crippen LogP contribution in [0.15, 0.2) is 31.0 Å². The molecule has 1 aliphatic rings. The predicted molar refractivity (Wildman–Crippen MR) is 70.3 cm³/mol. The Kier molecular flexibility index (Phi) is 2.09. The zero-order valence-corrected chi connectivity index (χ0v) is 10.1. The van der Waals surface area contributed by atoms with Gasteiger partial charge in [0.1, 0.15) is 12.0 Å². The van der Waals surface area contributed by atoms with Gasteiger partial charge in [-0.15, -0.1) is 0 Å². The van der Waals surface area contributed by atoms with E-state index in [9.17, 15) is 0 Å². The van der Waals surface area contributed by atoms with Crippen LogP contribution in [0.3, 0.4) is 0 Å². The summed E-state index contributed by atoms with van der Waals surface area (Å²) in [6, 6.07) is 2.64. The Hall–Kier alpha value is -1.97. The second kappa shape index (κ2) is 3.77. The molecule has 3 aromatic heterocycles. The highest BCUT2D eigenvalue weighted by atomic mass is 15.1. The number of rotatable bonds is 1. The van der Waals surface area contributed by atoms with E-state index in [1.807, 2.05) is 18.6 Å². The van der Waals surface area contributed by atoms with Crippen LogP contribution in [-0.2, 0) is 0 Å². The molecule has 0 amide bonds. The third kappa shape index (κ3) is 1.29. The van der Waals surface area contributed by atoms with Crippen molar-refractivity contribution in [1.29, 1.82) is 0 Å². The maximum Gasteiger partial charge on any atom is 0.144 e. The third-order valence-corrected chi connectivity index (χ3v) is 3.96. The molecule has 0 bridgehead atoms. The first kappa shape index (κ1) is 10.00. The van der Waals surface area contributed by atoms with Crippen LogP contribution in [0.25, 0.3) is 21.9 Å². The number of hydrogen-bond donors (Lipinski definition) is 0. The van der Waals surface area contributed by atoms with Crippen LogP contribution >= 0.6 is 0 Å². The van der Waals surface area contributed by atoms with Crippen molar-refractivity contribution < 1.29 is 0 Å². The molecule has 18 heavy (non-hydrogen) atoms. The summed E-state index contributed by atoms with van der Waals surface area (Å²) in [5, 5.41) is 2.36. The summed E-state index contributed by atoms with van der Waals surface area (Å²) in [5.74, 6) is 0. The quantitative estimate of drug-likeness (QED) is 0.654. The number of aromatic nitrogens is 4. The van der Waals surface area contributed by atoms with E-state index in [1.165, 1.54) is 36.6 Å². The van der Waals surface area contributed by atoms with Gasteiger partial charge in [0.2, 0.25) is 0 Å². The van der Waals surface area contributed by atoms with Gasteiger partial charge >= 0.3 is 0 Å². The highest BCUT2D eigenvalue weighted by Crippen LogP contribution is 2.36. The van der Waals surface area contributed by atoms with Crippen LogP contribution in [0.1, 0.15) is 31.7 Å². The topological polar surface area (TPSA) is 43.6 Å². The molecule has 0 atom stereocenters. The fourth-order valence-corrected chi connectivity index (χ4v) is 3.16. The molecule has 4 rings (SSSR count). The van der Waals surface area contributed by atoms with Crippen molar-refractivity contribution in [1.82, 2.24) is 19.5 Å². The number of nitrogens with zero attached hydrogens (tertiary/aromatic N) is 4. The fraction of sp³-hybridized carbons (Fsp3) is 0.357. The second-order valence-electron chi connectivity index (χ2n) is 4.96. The summed E-state index contributed by atoms with van der Waals surface area (Å²) in [7, 11) is 0. The van der Waals surface area contributed by atoms with Crippen molar-refractivity contribution in [3.63, 3.8) is 0 Å². The van der Waals surface area contributed by atoms with Crippen LogP contribution in [0.4, 0.5) is 0 Å². The van der Waals surface area contributed by atoms with E-state index in [-0.39, 0.29) is 0 Å². The lowest BCUT2D eigenvalue weighted by molar-refractivity contribution is 0.546. The normalized spacial score (nSPS) is 16.9. The molecule has 4 nitrogen and oxygen atoms in total. The standard InChI is InChI=1S/C14H14N4/c1-2-4-10(3-1)18-13-8-15-6-5-11(13)12-7-16-9-17-14(12)18/h5-10H,1-4H2. The highest BCUT2D eigenvalue weighted by Gasteiger charge is 2.22. The Balaban J connectivity index is 2.13. The molecule has 1 aliphatic carbocycles. The number of hydrogen-bond acceptors (Lipinski definition) is 3. The number of pyridine rings is 1. The Bertz CT molecular complexity index is 657. The van der Waals surface area contributed by atoms with Crippen molar-refractivity contribution in [3.05, 3.63) is 31.0 Å². The maximum absolute atomic E-state index is 4.49. The molecule has 90 valence electrons. The fourth-order valence-electron chi connectivity index (χ4n) is 3.16. The van der Waals surface area contributed by atoms with E-state index in [1.54, 1.807) is 6.33 Å². The first-order chi connectivity index (χ1) is 8.95. The van der Waals surface area contributed by atoms with Crippen molar-refractivity contribution in [3.8, 4) is 0 Å². The molecule has 0 aromatic carbocycles. The average Bonchev–Trinajstić information content (AvgIpc) is 3.03. The molecule has 1 saturated carbocycles. The van der Waals surface area contributed by atoms with Crippen molar-refractivity contribution in [2.75, 3.05) is 0 Å². The Labute approximate surface area is 105 Å². The van der Waals surface area contributed by atoms with Crippen LogP contribution in [0, 0.1) is 0 Å². The Morgan fingerprint density at radius 1 is 1.06 bits per heavy atom. The van der Waals surface area contributed by atoms with E-state index in [0.717, 1.165) is 11.0 Å². The van der Waals surface area contributed by atoms with Crippen molar-refractivity contribution in [2.45, 2.75) is 31.7 Å². The SMILES string of the molecule is c1cc2c3cncnc3n(C3CCCC3)c2cn1. The van der Waals surface area contributed by atoms with E-state index >= 15 is 0 Å². The summed E-state index contributed by atoms with van der Waals surface area (Å²) < 4.78 is 2.37. The lowest BCUT2D eigenvalue weighted by Gasteiger charge is -2.13. The third-order valence-electron chi connectivity index (χ3n) is 3.96. The van der Waals surface area contributed by atoms with E-state index in [2.05, 4.69) is 25.6 Å².